The quantitative estimate of drug-likeness (QED) is 0.661. The van der Waals surface area contributed by atoms with Gasteiger partial charge in [0.05, 0.1) is 22.4 Å². The van der Waals surface area contributed by atoms with Crippen molar-refractivity contribution < 1.29 is 14.3 Å². The van der Waals surface area contributed by atoms with Crippen LogP contribution in [0.25, 0.3) is 10.2 Å². The van der Waals surface area contributed by atoms with Crippen LogP contribution in [-0.2, 0) is 4.79 Å². The van der Waals surface area contributed by atoms with Gasteiger partial charge in [0.15, 0.2) is 5.13 Å². The largest absolute Gasteiger partial charge is 0.477 e. The molecular weight excluding hydrogens is 412 g/mol. The van der Waals surface area contributed by atoms with Crippen LogP contribution in [0.5, 0.6) is 5.88 Å². The van der Waals surface area contributed by atoms with E-state index in [2.05, 4.69) is 15.3 Å². The number of carbonyl (C=O) groups is 2. The molecule has 4 rings (SSSR count). The van der Waals surface area contributed by atoms with Crippen LogP contribution in [0.15, 0.2) is 36.5 Å². The normalized spacial score (nSPS) is 16.2. The summed E-state index contributed by atoms with van der Waals surface area (Å²) < 4.78 is 6.31. The minimum absolute atomic E-state index is 0.236. The molecule has 3 aromatic rings. The minimum Gasteiger partial charge on any atom is -0.477 e. The third kappa shape index (κ3) is 4.04. The van der Waals surface area contributed by atoms with Crippen molar-refractivity contribution in [3.8, 4) is 5.88 Å². The lowest BCUT2D eigenvalue weighted by atomic mass is 10.2. The molecule has 1 unspecified atom stereocenters. The highest BCUT2D eigenvalue weighted by Gasteiger charge is 2.35. The Hall–Kier alpha value is -2.71. The van der Waals surface area contributed by atoms with E-state index in [0.29, 0.717) is 30.3 Å². The minimum atomic E-state index is -0.556. The van der Waals surface area contributed by atoms with Gasteiger partial charge >= 0.3 is 0 Å². The number of hydrogen-bond acceptors (Lipinski definition) is 6. The number of para-hydroxylation sites is 1. The Labute approximate surface area is 176 Å². The van der Waals surface area contributed by atoms with E-state index >= 15 is 0 Å². The summed E-state index contributed by atoms with van der Waals surface area (Å²) in [5.74, 6) is -0.221. The van der Waals surface area contributed by atoms with Crippen LogP contribution in [0.1, 0.15) is 30.1 Å². The van der Waals surface area contributed by atoms with Crippen molar-refractivity contribution >= 4 is 50.1 Å². The van der Waals surface area contributed by atoms with Gasteiger partial charge in [-0.1, -0.05) is 35.1 Å². The summed E-state index contributed by atoms with van der Waals surface area (Å²) in [5, 5.41) is 3.66. The van der Waals surface area contributed by atoms with E-state index in [4.69, 9.17) is 16.3 Å². The number of nitrogens with one attached hydrogen (secondary N) is 1. The maximum atomic E-state index is 13.0. The van der Waals surface area contributed by atoms with Gasteiger partial charge < -0.3 is 15.0 Å². The van der Waals surface area contributed by atoms with Gasteiger partial charge in [-0.25, -0.2) is 9.97 Å². The highest BCUT2D eigenvalue weighted by Crippen LogP contribution is 2.28. The van der Waals surface area contributed by atoms with Gasteiger partial charge in [-0.3, -0.25) is 9.59 Å². The lowest BCUT2D eigenvalue weighted by Gasteiger charge is -2.23. The van der Waals surface area contributed by atoms with E-state index in [0.717, 1.165) is 16.6 Å². The monoisotopic (exact) mass is 430 g/mol. The van der Waals surface area contributed by atoms with Crippen molar-refractivity contribution in [1.82, 2.24) is 14.9 Å². The van der Waals surface area contributed by atoms with Crippen molar-refractivity contribution in [3.63, 3.8) is 0 Å². The second-order valence-corrected chi connectivity index (χ2v) is 8.01. The van der Waals surface area contributed by atoms with E-state index in [1.807, 2.05) is 31.2 Å². The molecule has 0 radical (unpaired) electrons. The Kier molecular flexibility index (Phi) is 5.64. The van der Waals surface area contributed by atoms with Gasteiger partial charge in [0.1, 0.15) is 11.1 Å². The molecule has 1 aliphatic heterocycles. The standard InChI is InChI=1S/C20H19ClN4O3S/c1-2-28-18-13(21)10-12(11-22-18)19(27)25-9-5-7-15(25)17(26)24-20-23-14-6-3-4-8-16(14)29-20/h3-4,6,8,10-11,15H,2,5,7,9H2,1H3,(H,23,24,26). The van der Waals surface area contributed by atoms with Gasteiger partial charge in [0.2, 0.25) is 11.8 Å². The molecule has 1 aromatic carbocycles. The number of pyridine rings is 1. The average Bonchev–Trinajstić information content (AvgIpc) is 3.35. The molecule has 9 heteroatoms. The van der Waals surface area contributed by atoms with Gasteiger partial charge in [-0.15, -0.1) is 0 Å². The molecule has 150 valence electrons. The molecule has 2 aromatic heterocycles. The first-order valence-corrected chi connectivity index (χ1v) is 10.5. The van der Waals surface area contributed by atoms with Crippen LogP contribution in [-0.4, -0.2) is 45.9 Å². The van der Waals surface area contributed by atoms with Crippen molar-refractivity contribution in [2.75, 3.05) is 18.5 Å². The first kappa shape index (κ1) is 19.6. The number of ether oxygens (including phenoxy) is 1. The second kappa shape index (κ2) is 8.34. The van der Waals surface area contributed by atoms with E-state index in [-0.39, 0.29) is 22.7 Å². The third-order valence-corrected chi connectivity index (χ3v) is 5.90. The van der Waals surface area contributed by atoms with Crippen molar-refractivity contribution in [3.05, 3.63) is 47.1 Å². The zero-order valence-electron chi connectivity index (χ0n) is 15.7. The summed E-state index contributed by atoms with van der Waals surface area (Å²) in [5.41, 5.74) is 1.17. The highest BCUT2D eigenvalue weighted by molar-refractivity contribution is 7.22. The topological polar surface area (TPSA) is 84.4 Å². The Bertz CT molecular complexity index is 1040. The SMILES string of the molecule is CCOc1ncc(C(=O)N2CCCC2C(=O)Nc2nc3ccccc3s2)cc1Cl. The Morgan fingerprint density at radius 3 is 2.97 bits per heavy atom. The average molecular weight is 431 g/mol. The molecule has 0 aliphatic carbocycles. The first-order chi connectivity index (χ1) is 14.1. The lowest BCUT2D eigenvalue weighted by Crippen LogP contribution is -2.43. The fraction of sp³-hybridized carbons (Fsp3) is 0.300. The first-order valence-electron chi connectivity index (χ1n) is 9.32. The van der Waals surface area contributed by atoms with Crippen LogP contribution in [0, 0.1) is 0 Å². The number of likely N-dealkylation sites (tertiary alicyclic amines) is 1. The molecular formula is C20H19ClN4O3S. The maximum Gasteiger partial charge on any atom is 0.256 e. The number of thiazole rings is 1. The summed E-state index contributed by atoms with van der Waals surface area (Å²) in [6.07, 6.45) is 2.78. The summed E-state index contributed by atoms with van der Waals surface area (Å²) in [7, 11) is 0. The third-order valence-electron chi connectivity index (χ3n) is 4.68. The van der Waals surface area contributed by atoms with Crippen LogP contribution >= 0.6 is 22.9 Å². The summed E-state index contributed by atoms with van der Waals surface area (Å²) in [6.45, 7) is 2.76. The predicted molar refractivity (Wildman–Crippen MR) is 113 cm³/mol. The van der Waals surface area contributed by atoms with Crippen molar-refractivity contribution in [2.24, 2.45) is 0 Å². The molecule has 1 fully saturated rings. The number of aromatic nitrogens is 2. The number of fused-ring (bicyclic) bond motifs is 1. The van der Waals surface area contributed by atoms with Gasteiger partial charge in [-0.05, 0) is 38.0 Å². The van der Waals surface area contributed by atoms with E-state index in [9.17, 15) is 9.59 Å². The Morgan fingerprint density at radius 1 is 1.38 bits per heavy atom. The number of benzene rings is 1. The predicted octanol–water partition coefficient (Wildman–Crippen LogP) is 3.99. The highest BCUT2D eigenvalue weighted by atomic mass is 35.5. The molecule has 1 N–H and O–H groups in total. The van der Waals surface area contributed by atoms with Crippen LogP contribution in [0.3, 0.4) is 0 Å². The summed E-state index contributed by atoms with van der Waals surface area (Å²) in [4.78, 5) is 35.9. The van der Waals surface area contributed by atoms with E-state index in [1.165, 1.54) is 23.6 Å². The molecule has 1 saturated heterocycles. The van der Waals surface area contributed by atoms with E-state index < -0.39 is 6.04 Å². The molecule has 1 aliphatic rings. The lowest BCUT2D eigenvalue weighted by molar-refractivity contribution is -0.119. The second-order valence-electron chi connectivity index (χ2n) is 6.58. The summed E-state index contributed by atoms with van der Waals surface area (Å²) in [6, 6.07) is 8.66. The number of carbonyl (C=O) groups excluding carboxylic acids is 2. The molecule has 1 atom stereocenters. The molecule has 29 heavy (non-hydrogen) atoms. The van der Waals surface area contributed by atoms with Crippen molar-refractivity contribution in [1.29, 1.82) is 0 Å². The van der Waals surface area contributed by atoms with Crippen LogP contribution in [0.2, 0.25) is 5.02 Å². The molecule has 0 saturated carbocycles. The Balaban J connectivity index is 1.49. The molecule has 3 heterocycles. The van der Waals surface area contributed by atoms with Crippen molar-refractivity contribution in [2.45, 2.75) is 25.8 Å². The number of halogens is 1. The number of rotatable bonds is 5. The van der Waals surface area contributed by atoms with Gasteiger partial charge in [0, 0.05) is 12.7 Å². The zero-order valence-corrected chi connectivity index (χ0v) is 17.3. The van der Waals surface area contributed by atoms with E-state index in [1.54, 1.807) is 4.90 Å². The molecule has 0 spiro atoms. The fourth-order valence-corrected chi connectivity index (χ4v) is 4.44. The smallest absolute Gasteiger partial charge is 0.256 e. The number of amides is 2. The Morgan fingerprint density at radius 2 is 2.21 bits per heavy atom. The number of nitrogens with zero attached hydrogens (tertiary/aromatic N) is 3. The summed E-state index contributed by atoms with van der Waals surface area (Å²) >= 11 is 7.57. The molecule has 7 nitrogen and oxygen atoms in total. The number of hydrogen-bond donors (Lipinski definition) is 1. The molecule has 0 bridgehead atoms. The zero-order chi connectivity index (χ0) is 20.4. The van der Waals surface area contributed by atoms with Crippen LogP contribution in [0.4, 0.5) is 5.13 Å². The molecule has 2 amide bonds. The fourth-order valence-electron chi connectivity index (χ4n) is 3.35. The van der Waals surface area contributed by atoms with Gasteiger partial charge in [0.25, 0.3) is 5.91 Å². The maximum absolute atomic E-state index is 13.0. The number of anilines is 1. The van der Waals surface area contributed by atoms with Gasteiger partial charge in [-0.2, -0.15) is 0 Å². The van der Waals surface area contributed by atoms with Crippen LogP contribution < -0.4 is 10.1 Å².